The summed E-state index contributed by atoms with van der Waals surface area (Å²) in [5.41, 5.74) is 15.6. The Morgan fingerprint density at radius 2 is 0.862 bits per heavy atom. The Labute approximate surface area is 337 Å². The van der Waals surface area contributed by atoms with Crippen molar-refractivity contribution < 1.29 is 4.74 Å². The fraction of sp³-hybridized carbons (Fsp3) is 0.0185. The van der Waals surface area contributed by atoms with Crippen molar-refractivity contribution in [1.29, 1.82) is 5.26 Å². The highest BCUT2D eigenvalue weighted by Crippen LogP contribution is 2.62. The number of fused-ring (bicyclic) bond motifs is 9. The molecule has 2 heterocycles. The van der Waals surface area contributed by atoms with Gasteiger partial charge in [0.15, 0.2) is 5.82 Å². The van der Waals surface area contributed by atoms with Crippen molar-refractivity contribution in [3.8, 4) is 84.9 Å². The molecule has 0 unspecified atom stereocenters. The molecule has 1 aliphatic carbocycles. The van der Waals surface area contributed by atoms with Crippen LogP contribution in [-0.4, -0.2) is 9.97 Å². The van der Waals surface area contributed by atoms with Gasteiger partial charge in [-0.2, -0.15) is 5.26 Å². The van der Waals surface area contributed by atoms with Crippen molar-refractivity contribution in [3.05, 3.63) is 228 Å². The number of nitrogens with zero attached hydrogens (tertiary/aromatic N) is 3. The van der Waals surface area contributed by atoms with Crippen LogP contribution >= 0.6 is 0 Å². The Morgan fingerprint density at radius 3 is 1.47 bits per heavy atom. The summed E-state index contributed by atoms with van der Waals surface area (Å²) in [5, 5.41) is 10.1. The molecular weight excluding hydrogens is 707 g/mol. The van der Waals surface area contributed by atoms with E-state index in [9.17, 15) is 5.26 Å². The van der Waals surface area contributed by atoms with E-state index in [1.807, 2.05) is 60.7 Å². The van der Waals surface area contributed by atoms with Gasteiger partial charge in [-0.05, 0) is 69.3 Å². The molecule has 9 aromatic rings. The number of ether oxygens (including phenoxy) is 1. The average molecular weight is 740 g/mol. The van der Waals surface area contributed by atoms with Gasteiger partial charge in [-0.25, -0.2) is 9.97 Å². The maximum absolute atomic E-state index is 10.1. The molecule has 58 heavy (non-hydrogen) atoms. The summed E-state index contributed by atoms with van der Waals surface area (Å²) in [6, 6.07) is 71.7. The van der Waals surface area contributed by atoms with Crippen LogP contribution in [0.4, 0.5) is 0 Å². The zero-order chi connectivity index (χ0) is 38.6. The lowest BCUT2D eigenvalue weighted by Gasteiger charge is -2.39. The van der Waals surface area contributed by atoms with E-state index in [1.54, 1.807) is 0 Å². The fourth-order valence-corrected chi connectivity index (χ4v) is 9.04. The maximum Gasteiger partial charge on any atom is 0.160 e. The Bertz CT molecular complexity index is 3030. The first-order valence-corrected chi connectivity index (χ1v) is 19.5. The molecular formula is C54H33N3O. The molecule has 0 atom stereocenters. The Balaban J connectivity index is 1.10. The van der Waals surface area contributed by atoms with Gasteiger partial charge in [0.05, 0.1) is 28.4 Å². The van der Waals surface area contributed by atoms with Crippen LogP contribution in [0.1, 0.15) is 27.8 Å². The quantitative estimate of drug-likeness (QED) is 0.176. The molecule has 1 aromatic heterocycles. The van der Waals surface area contributed by atoms with Crippen LogP contribution in [-0.2, 0) is 5.41 Å². The number of aromatic nitrogens is 2. The van der Waals surface area contributed by atoms with E-state index >= 15 is 0 Å². The Kier molecular flexibility index (Phi) is 7.74. The lowest BCUT2D eigenvalue weighted by atomic mass is 9.65. The number of rotatable bonds is 5. The first-order chi connectivity index (χ1) is 28.7. The van der Waals surface area contributed by atoms with Gasteiger partial charge in [0.25, 0.3) is 0 Å². The van der Waals surface area contributed by atoms with E-state index in [0.717, 1.165) is 89.6 Å². The molecule has 270 valence electrons. The first kappa shape index (κ1) is 33.5. The summed E-state index contributed by atoms with van der Waals surface area (Å²) in [6.45, 7) is 0. The van der Waals surface area contributed by atoms with E-state index in [-0.39, 0.29) is 0 Å². The van der Waals surface area contributed by atoms with Crippen LogP contribution in [0, 0.1) is 11.3 Å². The molecule has 0 saturated carbocycles. The number of hydrogen-bond donors (Lipinski definition) is 0. The molecule has 4 heteroatoms. The second kappa shape index (κ2) is 13.4. The van der Waals surface area contributed by atoms with Gasteiger partial charge in [-0.1, -0.05) is 170 Å². The largest absolute Gasteiger partial charge is 0.457 e. The first-order valence-electron chi connectivity index (χ1n) is 19.5. The fourth-order valence-electron chi connectivity index (χ4n) is 9.04. The van der Waals surface area contributed by atoms with E-state index in [2.05, 4.69) is 146 Å². The van der Waals surface area contributed by atoms with Gasteiger partial charge in [0, 0.05) is 33.4 Å². The van der Waals surface area contributed by atoms with Crippen molar-refractivity contribution in [2.45, 2.75) is 5.41 Å². The Hall–Kier alpha value is -7.87. The Morgan fingerprint density at radius 1 is 0.397 bits per heavy atom. The van der Waals surface area contributed by atoms with E-state index < -0.39 is 5.41 Å². The standard InChI is InChI=1S/C54H33N3O/c55-34-35-24-30-42-43-31-29-41(33-47(43)54(46(42)32-35)44-20-10-12-22-48(44)58-49-23-13-11-21-45(49)54)36-25-27-39(28-26-36)52-50(37-14-4-1-5-15-37)51(38-16-6-2-7-17-38)56-53(57-52)40-18-8-3-9-19-40/h1-33H. The number of benzene rings is 8. The van der Waals surface area contributed by atoms with Gasteiger partial charge >= 0.3 is 0 Å². The molecule has 1 spiro atoms. The molecule has 8 aromatic carbocycles. The second-order valence-corrected chi connectivity index (χ2v) is 14.8. The predicted octanol–water partition coefficient (Wildman–Crippen LogP) is 13.2. The summed E-state index contributed by atoms with van der Waals surface area (Å²) in [7, 11) is 0. The predicted molar refractivity (Wildman–Crippen MR) is 231 cm³/mol. The highest BCUT2D eigenvalue weighted by atomic mass is 16.5. The summed E-state index contributed by atoms with van der Waals surface area (Å²) in [4.78, 5) is 10.6. The van der Waals surface area contributed by atoms with Crippen LogP contribution in [0.2, 0.25) is 0 Å². The van der Waals surface area contributed by atoms with Crippen molar-refractivity contribution in [2.75, 3.05) is 0 Å². The van der Waals surface area contributed by atoms with Gasteiger partial charge in [0.1, 0.15) is 11.5 Å². The van der Waals surface area contributed by atoms with Crippen molar-refractivity contribution in [1.82, 2.24) is 9.97 Å². The summed E-state index contributed by atoms with van der Waals surface area (Å²) < 4.78 is 6.56. The van der Waals surface area contributed by atoms with Crippen LogP contribution < -0.4 is 4.74 Å². The summed E-state index contributed by atoms with van der Waals surface area (Å²) >= 11 is 0. The van der Waals surface area contributed by atoms with Gasteiger partial charge in [-0.15, -0.1) is 0 Å². The van der Waals surface area contributed by atoms with Gasteiger partial charge in [-0.3, -0.25) is 0 Å². The van der Waals surface area contributed by atoms with Crippen molar-refractivity contribution in [2.24, 2.45) is 0 Å². The zero-order valence-corrected chi connectivity index (χ0v) is 31.3. The third kappa shape index (κ3) is 5.15. The van der Waals surface area contributed by atoms with Crippen LogP contribution in [0.5, 0.6) is 11.5 Å². The minimum atomic E-state index is -0.674. The van der Waals surface area contributed by atoms with Gasteiger partial charge in [0.2, 0.25) is 0 Å². The maximum atomic E-state index is 10.1. The molecule has 0 bridgehead atoms. The zero-order valence-electron chi connectivity index (χ0n) is 31.3. The summed E-state index contributed by atoms with van der Waals surface area (Å²) in [5.74, 6) is 2.32. The number of hydrogen-bond acceptors (Lipinski definition) is 4. The third-order valence-corrected chi connectivity index (χ3v) is 11.6. The van der Waals surface area contributed by atoms with Crippen molar-refractivity contribution in [3.63, 3.8) is 0 Å². The SMILES string of the molecule is N#Cc1ccc2c(c1)C1(c3ccccc3Oc3ccccc31)c1cc(-c3ccc(-c4nc(-c5ccccc5)nc(-c5ccccc5)c4-c4ccccc4)cc3)ccc1-2. The normalized spacial score (nSPS) is 12.7. The molecule has 2 aliphatic rings. The summed E-state index contributed by atoms with van der Waals surface area (Å²) in [6.07, 6.45) is 0. The monoisotopic (exact) mass is 739 g/mol. The highest BCUT2D eigenvalue weighted by Gasteiger charge is 2.51. The van der Waals surface area contributed by atoms with E-state index in [0.29, 0.717) is 11.4 Å². The molecule has 0 N–H and O–H groups in total. The number of para-hydroxylation sites is 2. The lowest BCUT2D eigenvalue weighted by Crippen LogP contribution is -2.32. The molecule has 0 fully saturated rings. The smallest absolute Gasteiger partial charge is 0.160 e. The molecule has 1 aliphatic heterocycles. The lowest BCUT2D eigenvalue weighted by molar-refractivity contribution is 0.436. The van der Waals surface area contributed by atoms with E-state index in [1.165, 1.54) is 5.56 Å². The molecule has 0 amide bonds. The molecule has 0 radical (unpaired) electrons. The third-order valence-electron chi connectivity index (χ3n) is 11.6. The minimum Gasteiger partial charge on any atom is -0.457 e. The van der Waals surface area contributed by atoms with Gasteiger partial charge < -0.3 is 4.74 Å². The van der Waals surface area contributed by atoms with Crippen molar-refractivity contribution >= 4 is 0 Å². The van der Waals surface area contributed by atoms with Crippen LogP contribution in [0.15, 0.2) is 200 Å². The topological polar surface area (TPSA) is 58.8 Å². The minimum absolute atomic E-state index is 0.633. The number of nitriles is 1. The highest BCUT2D eigenvalue weighted by molar-refractivity contribution is 5.94. The molecule has 0 saturated heterocycles. The second-order valence-electron chi connectivity index (χ2n) is 14.8. The molecule has 11 rings (SSSR count). The van der Waals surface area contributed by atoms with E-state index in [4.69, 9.17) is 14.7 Å². The molecule has 4 nitrogen and oxygen atoms in total. The average Bonchev–Trinajstić information content (AvgIpc) is 3.58. The van der Waals surface area contributed by atoms with Crippen LogP contribution in [0.3, 0.4) is 0 Å². The van der Waals surface area contributed by atoms with Crippen LogP contribution in [0.25, 0.3) is 67.3 Å².